The predicted octanol–water partition coefficient (Wildman–Crippen LogP) is 1.52. The summed E-state index contributed by atoms with van der Waals surface area (Å²) in [5.74, 6) is -0.165. The van der Waals surface area contributed by atoms with E-state index in [4.69, 9.17) is 14.2 Å². The number of benzene rings is 2. The molecule has 0 saturated carbocycles. The largest absolute Gasteiger partial charge is 0.389 e. The third-order valence-electron chi connectivity index (χ3n) is 5.52. The van der Waals surface area contributed by atoms with Gasteiger partial charge in [-0.1, -0.05) is 60.7 Å². The number of aliphatic hydroxyl groups is 1. The van der Waals surface area contributed by atoms with Gasteiger partial charge in [0.25, 0.3) is 0 Å². The number of aliphatic hydroxyl groups excluding tert-OH is 1. The van der Waals surface area contributed by atoms with Crippen LogP contribution in [-0.4, -0.2) is 54.6 Å². The van der Waals surface area contributed by atoms with Crippen LogP contribution in [0.3, 0.4) is 0 Å². The summed E-state index contributed by atoms with van der Waals surface area (Å²) in [5.41, 5.74) is 2.03. The van der Waals surface area contributed by atoms with E-state index in [0.717, 1.165) is 11.1 Å². The Balaban J connectivity index is 1.51. The first kappa shape index (κ1) is 21.0. The molecule has 2 aromatic carbocycles. The second-order valence-electron chi connectivity index (χ2n) is 7.71. The van der Waals surface area contributed by atoms with Crippen molar-refractivity contribution < 1.29 is 24.1 Å². The fraction of sp³-hybridized carbons (Fsp3) is 0.435. The Labute approximate surface area is 176 Å². The average Bonchev–Trinajstić information content (AvgIpc) is 2.78. The summed E-state index contributed by atoms with van der Waals surface area (Å²) in [6.45, 7) is 2.60. The first-order valence-electron chi connectivity index (χ1n) is 10.3. The van der Waals surface area contributed by atoms with Gasteiger partial charge < -0.3 is 30.0 Å². The van der Waals surface area contributed by atoms with Crippen LogP contribution in [0.2, 0.25) is 0 Å². The lowest BCUT2D eigenvalue weighted by atomic mass is 9.91. The molecule has 2 fully saturated rings. The van der Waals surface area contributed by atoms with Crippen molar-refractivity contribution in [3.05, 3.63) is 71.8 Å². The second kappa shape index (κ2) is 9.68. The molecule has 6 atom stereocenters. The summed E-state index contributed by atoms with van der Waals surface area (Å²) in [4.78, 5) is 11.4. The Morgan fingerprint density at radius 2 is 1.77 bits per heavy atom. The van der Waals surface area contributed by atoms with Gasteiger partial charge in [0.1, 0.15) is 18.3 Å². The lowest BCUT2D eigenvalue weighted by Crippen LogP contribution is -2.67. The molecular formula is C23H28N2O5. The molecule has 2 saturated heterocycles. The lowest BCUT2D eigenvalue weighted by Gasteiger charge is -2.48. The monoisotopic (exact) mass is 412 g/mol. The number of hydrogen-bond acceptors (Lipinski definition) is 6. The molecule has 2 aliphatic heterocycles. The van der Waals surface area contributed by atoms with E-state index in [9.17, 15) is 9.90 Å². The van der Waals surface area contributed by atoms with Gasteiger partial charge in [-0.2, -0.15) is 0 Å². The molecule has 4 rings (SSSR count). The van der Waals surface area contributed by atoms with Gasteiger partial charge in [-0.3, -0.25) is 4.79 Å². The highest BCUT2D eigenvalue weighted by atomic mass is 16.7. The molecule has 1 unspecified atom stereocenters. The van der Waals surface area contributed by atoms with Crippen LogP contribution in [0, 0.1) is 0 Å². The van der Waals surface area contributed by atoms with Crippen LogP contribution in [0.4, 0.5) is 0 Å². The zero-order chi connectivity index (χ0) is 20.9. The number of nitrogens with one attached hydrogen (secondary N) is 2. The van der Waals surface area contributed by atoms with Crippen LogP contribution in [0.5, 0.6) is 0 Å². The van der Waals surface area contributed by atoms with E-state index in [0.29, 0.717) is 13.2 Å². The molecular weight excluding hydrogens is 384 g/mol. The molecule has 3 N–H and O–H groups in total. The Hall–Kier alpha value is -2.29. The SMILES string of the molecule is CC(=O)NC[C@@H]1O[C@@H]2COC(c3ccccc3)O[C@H]2[C@@H](NCc2ccccc2)[C@@H]1O. The van der Waals surface area contributed by atoms with E-state index >= 15 is 0 Å². The standard InChI is InChI=1S/C23H28N2O5/c1-15(26)24-13-18-21(27)20(25-12-16-8-4-2-5-9-16)22-19(29-18)14-28-23(30-22)17-10-6-3-7-11-17/h2-11,18-23,25,27H,12-14H2,1H3,(H,24,26)/t18-,19+,20-,21+,22+,23?/m0/s1. The third kappa shape index (κ3) is 4.88. The molecule has 7 nitrogen and oxygen atoms in total. The van der Waals surface area contributed by atoms with Crippen molar-refractivity contribution in [1.82, 2.24) is 10.6 Å². The number of ether oxygens (including phenoxy) is 3. The van der Waals surface area contributed by atoms with Crippen LogP contribution in [0.25, 0.3) is 0 Å². The topological polar surface area (TPSA) is 89.1 Å². The highest BCUT2D eigenvalue weighted by molar-refractivity contribution is 5.72. The zero-order valence-electron chi connectivity index (χ0n) is 16.9. The Bertz CT molecular complexity index is 819. The van der Waals surface area contributed by atoms with Gasteiger partial charge >= 0.3 is 0 Å². The van der Waals surface area contributed by atoms with Crippen LogP contribution in [0.1, 0.15) is 24.3 Å². The van der Waals surface area contributed by atoms with Crippen molar-refractivity contribution in [1.29, 1.82) is 0 Å². The van der Waals surface area contributed by atoms with Gasteiger partial charge in [0.15, 0.2) is 6.29 Å². The van der Waals surface area contributed by atoms with Gasteiger partial charge in [-0.25, -0.2) is 0 Å². The van der Waals surface area contributed by atoms with Crippen LogP contribution >= 0.6 is 0 Å². The minimum absolute atomic E-state index is 0.165. The smallest absolute Gasteiger partial charge is 0.216 e. The summed E-state index contributed by atoms with van der Waals surface area (Å²) >= 11 is 0. The maximum Gasteiger partial charge on any atom is 0.216 e. The fourth-order valence-electron chi connectivity index (χ4n) is 3.98. The van der Waals surface area contributed by atoms with Crippen molar-refractivity contribution in [2.75, 3.05) is 13.2 Å². The van der Waals surface area contributed by atoms with Crippen molar-refractivity contribution >= 4 is 5.91 Å². The normalized spacial score (nSPS) is 31.0. The molecule has 160 valence electrons. The molecule has 30 heavy (non-hydrogen) atoms. The van der Waals surface area contributed by atoms with E-state index in [1.165, 1.54) is 6.92 Å². The van der Waals surface area contributed by atoms with E-state index < -0.39 is 24.6 Å². The van der Waals surface area contributed by atoms with Crippen molar-refractivity contribution in [3.63, 3.8) is 0 Å². The van der Waals surface area contributed by atoms with Crippen molar-refractivity contribution in [3.8, 4) is 0 Å². The maximum atomic E-state index is 11.4. The fourth-order valence-corrected chi connectivity index (χ4v) is 3.98. The molecule has 7 heteroatoms. The lowest BCUT2D eigenvalue weighted by molar-refractivity contribution is -0.309. The van der Waals surface area contributed by atoms with Gasteiger partial charge in [-0.15, -0.1) is 0 Å². The van der Waals surface area contributed by atoms with Crippen molar-refractivity contribution in [2.24, 2.45) is 0 Å². The molecule has 0 spiro atoms. The molecule has 2 aromatic rings. The molecule has 0 aromatic heterocycles. The number of carbonyl (C=O) groups excluding carboxylic acids is 1. The van der Waals surface area contributed by atoms with Crippen molar-refractivity contribution in [2.45, 2.75) is 50.2 Å². The Morgan fingerprint density at radius 1 is 1.07 bits per heavy atom. The third-order valence-corrected chi connectivity index (χ3v) is 5.52. The quantitative estimate of drug-likeness (QED) is 0.667. The molecule has 0 radical (unpaired) electrons. The van der Waals surface area contributed by atoms with Crippen LogP contribution in [-0.2, 0) is 25.5 Å². The van der Waals surface area contributed by atoms with Gasteiger partial charge in [0.2, 0.25) is 5.91 Å². The summed E-state index contributed by atoms with van der Waals surface area (Å²) in [7, 11) is 0. The molecule has 2 heterocycles. The second-order valence-corrected chi connectivity index (χ2v) is 7.71. The van der Waals surface area contributed by atoms with Gasteiger partial charge in [0, 0.05) is 25.6 Å². The zero-order valence-corrected chi connectivity index (χ0v) is 16.9. The van der Waals surface area contributed by atoms with E-state index in [1.807, 2.05) is 60.7 Å². The van der Waals surface area contributed by atoms with E-state index in [1.54, 1.807) is 0 Å². The highest BCUT2D eigenvalue weighted by Gasteiger charge is 2.49. The van der Waals surface area contributed by atoms with E-state index in [2.05, 4.69) is 10.6 Å². The number of carbonyl (C=O) groups is 1. The Kier molecular flexibility index (Phi) is 6.76. The minimum atomic E-state index is -0.851. The number of amides is 1. The first-order chi connectivity index (χ1) is 14.6. The number of fused-ring (bicyclic) bond motifs is 1. The number of rotatable bonds is 6. The molecule has 1 amide bonds. The molecule has 0 aliphatic carbocycles. The highest BCUT2D eigenvalue weighted by Crippen LogP contribution is 2.34. The minimum Gasteiger partial charge on any atom is -0.389 e. The van der Waals surface area contributed by atoms with Gasteiger partial charge in [-0.05, 0) is 5.56 Å². The number of hydrogen-bond donors (Lipinski definition) is 3. The Morgan fingerprint density at radius 3 is 2.47 bits per heavy atom. The summed E-state index contributed by atoms with van der Waals surface area (Å²) < 4.78 is 18.2. The summed E-state index contributed by atoms with van der Waals surface area (Å²) in [5, 5.41) is 17.2. The van der Waals surface area contributed by atoms with Crippen LogP contribution < -0.4 is 10.6 Å². The molecule has 0 bridgehead atoms. The predicted molar refractivity (Wildman–Crippen MR) is 110 cm³/mol. The maximum absolute atomic E-state index is 11.4. The average molecular weight is 412 g/mol. The first-order valence-corrected chi connectivity index (χ1v) is 10.3. The summed E-state index contributed by atoms with van der Waals surface area (Å²) in [6, 6.07) is 19.4. The van der Waals surface area contributed by atoms with Gasteiger partial charge in [0.05, 0.1) is 18.8 Å². The van der Waals surface area contributed by atoms with E-state index in [-0.39, 0.29) is 24.6 Å². The van der Waals surface area contributed by atoms with Crippen LogP contribution in [0.15, 0.2) is 60.7 Å². The summed E-state index contributed by atoms with van der Waals surface area (Å²) in [6.07, 6.45) is -2.66. The molecule has 2 aliphatic rings.